The van der Waals surface area contributed by atoms with Crippen LogP contribution >= 0.6 is 0 Å². The van der Waals surface area contributed by atoms with Gasteiger partial charge >= 0.3 is 0 Å². The summed E-state index contributed by atoms with van der Waals surface area (Å²) in [6, 6.07) is 4.89. The fourth-order valence-electron chi connectivity index (χ4n) is 4.59. The van der Waals surface area contributed by atoms with Crippen LogP contribution in [0.25, 0.3) is 0 Å². The van der Waals surface area contributed by atoms with E-state index < -0.39 is 0 Å². The standard InChI is InChI=1S/C21H26N2O4/c1-13-8-14(2)11-22(10-13)19(24)15-5-6-17-18(9-15)21(26)23(20(17)25)12-16-4-3-7-27-16/h5-6,9,13-14,16H,3-4,7-8,10-12H2,1-2H3. The van der Waals surface area contributed by atoms with E-state index in [4.69, 9.17) is 4.74 Å². The van der Waals surface area contributed by atoms with Gasteiger partial charge in [0, 0.05) is 25.3 Å². The van der Waals surface area contributed by atoms with Crippen molar-refractivity contribution >= 4 is 17.7 Å². The van der Waals surface area contributed by atoms with Gasteiger partial charge < -0.3 is 9.64 Å². The molecule has 3 amide bonds. The number of carbonyl (C=O) groups is 3. The lowest BCUT2D eigenvalue weighted by Gasteiger charge is -2.35. The molecular formula is C21H26N2O4. The highest BCUT2D eigenvalue weighted by atomic mass is 16.5. The molecule has 0 spiro atoms. The van der Waals surface area contributed by atoms with Gasteiger partial charge in [-0.2, -0.15) is 0 Å². The normalized spacial score (nSPS) is 28.0. The first-order valence-corrected chi connectivity index (χ1v) is 9.85. The zero-order valence-corrected chi connectivity index (χ0v) is 15.9. The van der Waals surface area contributed by atoms with Gasteiger partial charge in [-0.3, -0.25) is 19.3 Å². The highest BCUT2D eigenvalue weighted by Crippen LogP contribution is 2.28. The first-order chi connectivity index (χ1) is 12.9. The Balaban J connectivity index is 1.54. The number of benzene rings is 1. The van der Waals surface area contributed by atoms with E-state index in [-0.39, 0.29) is 30.4 Å². The minimum Gasteiger partial charge on any atom is -0.376 e. The number of carbonyl (C=O) groups excluding carboxylic acids is 3. The monoisotopic (exact) mass is 370 g/mol. The predicted octanol–water partition coefficient (Wildman–Crippen LogP) is 2.58. The van der Waals surface area contributed by atoms with Crippen LogP contribution in [0.4, 0.5) is 0 Å². The average molecular weight is 370 g/mol. The molecule has 0 bridgehead atoms. The summed E-state index contributed by atoms with van der Waals surface area (Å²) in [5.41, 5.74) is 1.20. The number of ether oxygens (including phenoxy) is 1. The van der Waals surface area contributed by atoms with Gasteiger partial charge in [-0.05, 0) is 49.3 Å². The zero-order valence-electron chi connectivity index (χ0n) is 15.9. The Labute approximate surface area is 159 Å². The molecule has 6 heteroatoms. The summed E-state index contributed by atoms with van der Waals surface area (Å²) in [7, 11) is 0. The quantitative estimate of drug-likeness (QED) is 0.767. The largest absolute Gasteiger partial charge is 0.376 e. The molecule has 3 atom stereocenters. The van der Waals surface area contributed by atoms with Crippen LogP contribution in [0.5, 0.6) is 0 Å². The van der Waals surface area contributed by atoms with Crippen molar-refractivity contribution in [1.82, 2.24) is 9.80 Å². The van der Waals surface area contributed by atoms with E-state index in [1.807, 2.05) is 4.90 Å². The Morgan fingerprint density at radius 3 is 2.48 bits per heavy atom. The maximum absolute atomic E-state index is 12.9. The van der Waals surface area contributed by atoms with Crippen LogP contribution in [0.1, 0.15) is 64.2 Å². The minimum atomic E-state index is -0.319. The molecule has 1 aromatic rings. The first-order valence-electron chi connectivity index (χ1n) is 9.85. The molecule has 27 heavy (non-hydrogen) atoms. The van der Waals surface area contributed by atoms with Gasteiger partial charge in [-0.25, -0.2) is 0 Å². The molecule has 2 saturated heterocycles. The Bertz CT molecular complexity index is 774. The Morgan fingerprint density at radius 2 is 1.81 bits per heavy atom. The van der Waals surface area contributed by atoms with E-state index in [1.54, 1.807) is 18.2 Å². The molecule has 6 nitrogen and oxygen atoms in total. The topological polar surface area (TPSA) is 66.9 Å². The molecular weight excluding hydrogens is 344 g/mol. The number of hydrogen-bond donors (Lipinski definition) is 0. The Hall–Kier alpha value is -2.21. The molecule has 0 saturated carbocycles. The molecule has 1 aromatic carbocycles. The van der Waals surface area contributed by atoms with E-state index in [0.717, 1.165) is 32.4 Å². The number of fused-ring (bicyclic) bond motifs is 1. The third-order valence-corrected chi connectivity index (χ3v) is 5.78. The maximum Gasteiger partial charge on any atom is 0.261 e. The second-order valence-corrected chi connectivity index (χ2v) is 8.27. The fraction of sp³-hybridized carbons (Fsp3) is 0.571. The summed E-state index contributed by atoms with van der Waals surface area (Å²) in [6.07, 6.45) is 2.87. The van der Waals surface area contributed by atoms with Gasteiger partial charge in [0.2, 0.25) is 0 Å². The Kier molecular flexibility index (Phi) is 4.76. The summed E-state index contributed by atoms with van der Waals surface area (Å²) in [4.78, 5) is 41.5. The molecule has 3 aliphatic rings. The third kappa shape index (κ3) is 3.38. The number of hydrogen-bond acceptors (Lipinski definition) is 4. The van der Waals surface area contributed by atoms with Crippen LogP contribution in [-0.4, -0.2) is 59.9 Å². The maximum atomic E-state index is 12.9. The van der Waals surface area contributed by atoms with Gasteiger partial charge in [0.1, 0.15) is 0 Å². The predicted molar refractivity (Wildman–Crippen MR) is 99.6 cm³/mol. The molecule has 0 aliphatic carbocycles. The lowest BCUT2D eigenvalue weighted by molar-refractivity contribution is 0.0475. The molecule has 0 aromatic heterocycles. The lowest BCUT2D eigenvalue weighted by Crippen LogP contribution is -2.42. The van der Waals surface area contributed by atoms with E-state index in [1.165, 1.54) is 4.90 Å². The van der Waals surface area contributed by atoms with E-state index in [2.05, 4.69) is 13.8 Å². The SMILES string of the molecule is CC1CC(C)CN(C(=O)c2ccc3c(c2)C(=O)N(CC2CCCO2)C3=O)C1. The van der Waals surface area contributed by atoms with Crippen LogP contribution in [-0.2, 0) is 4.74 Å². The molecule has 0 radical (unpaired) electrons. The number of nitrogens with zero attached hydrogens (tertiary/aromatic N) is 2. The van der Waals surface area contributed by atoms with Gasteiger partial charge in [0.15, 0.2) is 0 Å². The summed E-state index contributed by atoms with van der Waals surface area (Å²) in [5, 5.41) is 0. The molecule has 2 fully saturated rings. The number of rotatable bonds is 3. The molecule has 4 rings (SSSR count). The highest BCUT2D eigenvalue weighted by Gasteiger charge is 2.38. The van der Waals surface area contributed by atoms with Crippen molar-refractivity contribution in [2.75, 3.05) is 26.2 Å². The second kappa shape index (κ2) is 7.08. The van der Waals surface area contributed by atoms with Crippen LogP contribution in [0.3, 0.4) is 0 Å². The lowest BCUT2D eigenvalue weighted by atomic mass is 9.91. The van der Waals surface area contributed by atoms with Gasteiger partial charge in [0.25, 0.3) is 17.7 Å². The van der Waals surface area contributed by atoms with Crippen LogP contribution < -0.4 is 0 Å². The number of piperidine rings is 1. The summed E-state index contributed by atoms with van der Waals surface area (Å²) in [5.74, 6) is 0.272. The van der Waals surface area contributed by atoms with Crippen molar-refractivity contribution in [3.8, 4) is 0 Å². The molecule has 3 aliphatic heterocycles. The fourth-order valence-corrected chi connectivity index (χ4v) is 4.59. The first kappa shape index (κ1) is 18.2. The van der Waals surface area contributed by atoms with Gasteiger partial charge in [-0.1, -0.05) is 13.8 Å². The molecule has 144 valence electrons. The number of amides is 3. The van der Waals surface area contributed by atoms with Crippen molar-refractivity contribution in [2.24, 2.45) is 11.8 Å². The third-order valence-electron chi connectivity index (χ3n) is 5.78. The Morgan fingerprint density at radius 1 is 1.11 bits per heavy atom. The average Bonchev–Trinajstić information content (AvgIpc) is 3.23. The number of likely N-dealkylation sites (tertiary alicyclic amines) is 1. The number of imide groups is 1. The zero-order chi connectivity index (χ0) is 19.1. The molecule has 3 heterocycles. The second-order valence-electron chi connectivity index (χ2n) is 8.27. The van der Waals surface area contributed by atoms with Crippen molar-refractivity contribution < 1.29 is 19.1 Å². The van der Waals surface area contributed by atoms with Gasteiger partial charge in [0.05, 0.1) is 23.8 Å². The van der Waals surface area contributed by atoms with Crippen molar-refractivity contribution in [3.63, 3.8) is 0 Å². The van der Waals surface area contributed by atoms with Crippen molar-refractivity contribution in [1.29, 1.82) is 0 Å². The van der Waals surface area contributed by atoms with Crippen LogP contribution in [0.15, 0.2) is 18.2 Å². The van der Waals surface area contributed by atoms with Crippen molar-refractivity contribution in [2.45, 2.75) is 39.2 Å². The van der Waals surface area contributed by atoms with Crippen LogP contribution in [0, 0.1) is 11.8 Å². The van der Waals surface area contributed by atoms with Crippen molar-refractivity contribution in [3.05, 3.63) is 34.9 Å². The molecule has 3 unspecified atom stereocenters. The minimum absolute atomic E-state index is 0.0611. The smallest absolute Gasteiger partial charge is 0.261 e. The molecule has 0 N–H and O–H groups in total. The van der Waals surface area contributed by atoms with E-state index >= 15 is 0 Å². The summed E-state index contributed by atoms with van der Waals surface area (Å²) < 4.78 is 5.56. The highest BCUT2D eigenvalue weighted by molar-refractivity contribution is 6.22. The van der Waals surface area contributed by atoms with E-state index in [9.17, 15) is 14.4 Å². The van der Waals surface area contributed by atoms with Gasteiger partial charge in [-0.15, -0.1) is 0 Å². The summed E-state index contributed by atoms with van der Waals surface area (Å²) >= 11 is 0. The summed E-state index contributed by atoms with van der Waals surface area (Å²) in [6.45, 7) is 6.75. The van der Waals surface area contributed by atoms with Crippen LogP contribution in [0.2, 0.25) is 0 Å². The van der Waals surface area contributed by atoms with E-state index in [0.29, 0.717) is 35.1 Å².